The molecule has 1 aliphatic rings. The van der Waals surface area contributed by atoms with E-state index in [1.54, 1.807) is 18.2 Å². The first-order valence-electron chi connectivity index (χ1n) is 4.11. The Labute approximate surface area is 75.8 Å². The Balaban J connectivity index is 2.63. The van der Waals surface area contributed by atoms with Crippen molar-refractivity contribution in [3.05, 3.63) is 34.9 Å². The van der Waals surface area contributed by atoms with Crippen LogP contribution in [0.1, 0.15) is 33.2 Å². The zero-order valence-corrected chi connectivity index (χ0v) is 7.26. The number of rotatable bonds is 1. The molecule has 0 radical (unpaired) electrons. The van der Waals surface area contributed by atoms with Crippen LogP contribution in [0.25, 0.3) is 0 Å². The van der Waals surface area contributed by atoms with Crippen LogP contribution in [0.2, 0.25) is 0 Å². The second-order valence-electron chi connectivity index (χ2n) is 3.07. The van der Waals surface area contributed by atoms with Crippen molar-refractivity contribution in [3.63, 3.8) is 0 Å². The summed E-state index contributed by atoms with van der Waals surface area (Å²) < 4.78 is 0. The fourth-order valence-corrected chi connectivity index (χ4v) is 1.58. The van der Waals surface area contributed by atoms with Gasteiger partial charge in [0, 0.05) is 17.7 Å². The van der Waals surface area contributed by atoms with E-state index in [1.165, 1.54) is 6.92 Å². The molecule has 3 heteroatoms. The lowest BCUT2D eigenvalue weighted by Gasteiger charge is -2.01. The predicted octanol–water partition coefficient (Wildman–Crippen LogP) is 1.13. The van der Waals surface area contributed by atoms with E-state index >= 15 is 0 Å². The number of Topliss-reactive ketones (excluding diaryl/α,β-unsaturated/α-hetero) is 1. The summed E-state index contributed by atoms with van der Waals surface area (Å²) in [5, 5.41) is 2.69. The number of nitrogens with one attached hydrogen (secondary N) is 1. The monoisotopic (exact) mass is 175 g/mol. The van der Waals surface area contributed by atoms with E-state index in [0.29, 0.717) is 17.7 Å². The quantitative estimate of drug-likeness (QED) is 0.650. The minimum absolute atomic E-state index is 0.00773. The number of carbonyl (C=O) groups excluding carboxylic acids is 2. The second kappa shape index (κ2) is 2.69. The molecule has 0 aliphatic carbocycles. The molecule has 0 aromatic heterocycles. The van der Waals surface area contributed by atoms with Crippen LogP contribution in [0.15, 0.2) is 18.2 Å². The van der Waals surface area contributed by atoms with Crippen molar-refractivity contribution < 1.29 is 9.59 Å². The smallest absolute Gasteiger partial charge is 0.251 e. The first-order chi connectivity index (χ1) is 6.20. The molecule has 0 unspecified atom stereocenters. The first-order valence-corrected chi connectivity index (χ1v) is 4.11. The molecule has 1 aromatic carbocycles. The van der Waals surface area contributed by atoms with Crippen molar-refractivity contribution in [2.45, 2.75) is 13.5 Å². The maximum Gasteiger partial charge on any atom is 0.251 e. The summed E-state index contributed by atoms with van der Waals surface area (Å²) in [5.74, 6) is -0.0774. The van der Waals surface area contributed by atoms with E-state index in [0.717, 1.165) is 5.56 Å². The van der Waals surface area contributed by atoms with Gasteiger partial charge in [0.1, 0.15) is 0 Å². The van der Waals surface area contributed by atoms with E-state index in [1.807, 2.05) is 0 Å². The van der Waals surface area contributed by atoms with E-state index in [4.69, 9.17) is 0 Å². The Morgan fingerprint density at radius 1 is 1.46 bits per heavy atom. The Bertz CT molecular complexity index is 396. The molecular weight excluding hydrogens is 166 g/mol. The summed E-state index contributed by atoms with van der Waals surface area (Å²) in [5.41, 5.74) is 2.11. The molecule has 0 saturated heterocycles. The molecule has 2 rings (SSSR count). The van der Waals surface area contributed by atoms with Crippen molar-refractivity contribution >= 4 is 11.7 Å². The molecule has 0 atom stereocenters. The number of amides is 1. The lowest BCUT2D eigenvalue weighted by atomic mass is 10.0. The number of hydrogen-bond acceptors (Lipinski definition) is 2. The molecule has 0 fully saturated rings. The molecule has 13 heavy (non-hydrogen) atoms. The Morgan fingerprint density at radius 3 is 2.92 bits per heavy atom. The minimum atomic E-state index is -0.0851. The van der Waals surface area contributed by atoms with Crippen molar-refractivity contribution in [3.8, 4) is 0 Å². The zero-order chi connectivity index (χ0) is 9.42. The molecule has 0 spiro atoms. The van der Waals surface area contributed by atoms with Gasteiger partial charge >= 0.3 is 0 Å². The van der Waals surface area contributed by atoms with Crippen LogP contribution in [0.5, 0.6) is 0 Å². The third-order valence-electron chi connectivity index (χ3n) is 2.23. The van der Waals surface area contributed by atoms with Gasteiger partial charge in [-0.2, -0.15) is 0 Å². The standard InChI is InChI=1S/C10H9NO2/c1-6(12)7-3-2-4-8-9(7)5-11-10(8)13/h2-4H,5H2,1H3,(H,11,13). The molecule has 1 amide bonds. The number of carbonyl (C=O) groups is 2. The van der Waals surface area contributed by atoms with Gasteiger partial charge in [0.15, 0.2) is 5.78 Å². The fourth-order valence-electron chi connectivity index (χ4n) is 1.58. The highest BCUT2D eigenvalue weighted by atomic mass is 16.2. The normalized spacial score (nSPS) is 13.8. The topological polar surface area (TPSA) is 46.2 Å². The third-order valence-corrected chi connectivity index (χ3v) is 2.23. The molecule has 0 bridgehead atoms. The summed E-state index contributed by atoms with van der Waals surface area (Å²) in [7, 11) is 0. The predicted molar refractivity (Wildman–Crippen MR) is 47.6 cm³/mol. The highest BCUT2D eigenvalue weighted by Gasteiger charge is 2.22. The molecule has 1 aliphatic heterocycles. The summed E-state index contributed by atoms with van der Waals surface area (Å²) in [4.78, 5) is 22.4. The van der Waals surface area contributed by atoms with Crippen LogP contribution in [0.4, 0.5) is 0 Å². The largest absolute Gasteiger partial charge is 0.348 e. The Hall–Kier alpha value is -1.64. The van der Waals surface area contributed by atoms with Crippen LogP contribution in [0.3, 0.4) is 0 Å². The Kier molecular flexibility index (Phi) is 1.65. The van der Waals surface area contributed by atoms with Gasteiger partial charge in [0.2, 0.25) is 0 Å². The maximum absolute atomic E-state index is 11.2. The molecule has 3 nitrogen and oxygen atoms in total. The summed E-state index contributed by atoms with van der Waals surface area (Å²) >= 11 is 0. The van der Waals surface area contributed by atoms with E-state index in [9.17, 15) is 9.59 Å². The van der Waals surface area contributed by atoms with Gasteiger partial charge in [-0.3, -0.25) is 9.59 Å². The summed E-state index contributed by atoms with van der Waals surface area (Å²) in [6.45, 7) is 1.99. The highest BCUT2D eigenvalue weighted by molar-refractivity contribution is 6.04. The molecule has 0 saturated carbocycles. The molecule has 1 heterocycles. The SMILES string of the molecule is CC(=O)c1cccc2c1CNC2=O. The van der Waals surface area contributed by atoms with Crippen LogP contribution >= 0.6 is 0 Å². The maximum atomic E-state index is 11.2. The van der Waals surface area contributed by atoms with E-state index in [-0.39, 0.29) is 11.7 Å². The van der Waals surface area contributed by atoms with Crippen molar-refractivity contribution in [1.82, 2.24) is 5.32 Å². The van der Waals surface area contributed by atoms with E-state index in [2.05, 4.69) is 5.32 Å². The van der Waals surface area contributed by atoms with Crippen LogP contribution in [0, 0.1) is 0 Å². The van der Waals surface area contributed by atoms with Crippen LogP contribution < -0.4 is 5.32 Å². The molecular formula is C10H9NO2. The van der Waals surface area contributed by atoms with Crippen molar-refractivity contribution in [2.75, 3.05) is 0 Å². The minimum Gasteiger partial charge on any atom is -0.348 e. The average Bonchev–Trinajstić information content (AvgIpc) is 2.48. The first kappa shape index (κ1) is 7.98. The lowest BCUT2D eigenvalue weighted by Crippen LogP contribution is -2.12. The van der Waals surface area contributed by atoms with Gasteiger partial charge in [0.25, 0.3) is 5.91 Å². The van der Waals surface area contributed by atoms with Gasteiger partial charge in [-0.15, -0.1) is 0 Å². The van der Waals surface area contributed by atoms with Gasteiger partial charge in [0.05, 0.1) is 0 Å². The third kappa shape index (κ3) is 1.13. The molecule has 66 valence electrons. The van der Waals surface area contributed by atoms with Gasteiger partial charge in [-0.05, 0) is 18.6 Å². The number of hydrogen-bond donors (Lipinski definition) is 1. The number of fused-ring (bicyclic) bond motifs is 1. The van der Waals surface area contributed by atoms with Crippen LogP contribution in [-0.4, -0.2) is 11.7 Å². The summed E-state index contributed by atoms with van der Waals surface area (Å²) in [6.07, 6.45) is 0. The van der Waals surface area contributed by atoms with E-state index < -0.39 is 0 Å². The molecule has 1 aromatic rings. The lowest BCUT2D eigenvalue weighted by molar-refractivity contribution is 0.0964. The fraction of sp³-hybridized carbons (Fsp3) is 0.200. The number of ketones is 1. The molecule has 1 N–H and O–H groups in total. The highest BCUT2D eigenvalue weighted by Crippen LogP contribution is 2.19. The second-order valence-corrected chi connectivity index (χ2v) is 3.07. The van der Waals surface area contributed by atoms with Gasteiger partial charge in [-0.1, -0.05) is 12.1 Å². The average molecular weight is 175 g/mol. The van der Waals surface area contributed by atoms with Crippen LogP contribution in [-0.2, 0) is 6.54 Å². The summed E-state index contributed by atoms with van der Waals surface area (Å²) in [6, 6.07) is 5.23. The Morgan fingerprint density at radius 2 is 2.23 bits per heavy atom. The van der Waals surface area contributed by atoms with Gasteiger partial charge in [-0.25, -0.2) is 0 Å². The van der Waals surface area contributed by atoms with Crippen molar-refractivity contribution in [1.29, 1.82) is 0 Å². The van der Waals surface area contributed by atoms with Gasteiger partial charge < -0.3 is 5.32 Å². The van der Waals surface area contributed by atoms with Crippen molar-refractivity contribution in [2.24, 2.45) is 0 Å². The zero-order valence-electron chi connectivity index (χ0n) is 7.26. The number of benzene rings is 1.